The topological polar surface area (TPSA) is 91.7 Å². The minimum Gasteiger partial charge on any atom is -0.352 e. The first kappa shape index (κ1) is 22.3. The molecule has 34 heavy (non-hydrogen) atoms. The lowest BCUT2D eigenvalue weighted by molar-refractivity contribution is 0.0947. The first-order chi connectivity index (χ1) is 16.7. The summed E-state index contributed by atoms with van der Waals surface area (Å²) in [5.41, 5.74) is 3.91. The van der Waals surface area contributed by atoms with E-state index >= 15 is 0 Å². The lowest BCUT2D eigenvalue weighted by Crippen LogP contribution is -2.40. The molecular formula is C26H31N7O. The summed E-state index contributed by atoms with van der Waals surface area (Å²) in [4.78, 5) is 15.2. The second-order valence-corrected chi connectivity index (χ2v) is 8.92. The van der Waals surface area contributed by atoms with Crippen molar-refractivity contribution in [3.8, 4) is 17.1 Å². The number of carbonyl (C=O) groups excluding carboxylic acids is 1. The van der Waals surface area contributed by atoms with Crippen molar-refractivity contribution in [1.29, 1.82) is 0 Å². The van der Waals surface area contributed by atoms with E-state index in [0.29, 0.717) is 23.8 Å². The third-order valence-corrected chi connectivity index (χ3v) is 6.73. The van der Waals surface area contributed by atoms with Crippen molar-refractivity contribution in [2.75, 3.05) is 19.6 Å². The zero-order chi connectivity index (χ0) is 23.3. The van der Waals surface area contributed by atoms with E-state index in [0.717, 1.165) is 35.2 Å². The molecule has 0 spiro atoms. The van der Waals surface area contributed by atoms with Crippen LogP contribution in [0.25, 0.3) is 28.0 Å². The summed E-state index contributed by atoms with van der Waals surface area (Å²) in [6, 6.07) is 16.1. The van der Waals surface area contributed by atoms with Crippen LogP contribution in [-0.4, -0.2) is 61.7 Å². The monoisotopic (exact) mass is 457 g/mol. The standard InChI is InChI=1S/C26H31N7O/c1-2-20-8-5-6-16-32(20)17-7-15-27-26(34)19-11-13-21(14-12-19)33-18-24(29-31-33)25-22-9-3-4-10-23(22)28-30-25/h3-4,9-14,18,20H,2,5-8,15-17H2,1H3,(H,27,34)(H,28,30). The Morgan fingerprint density at radius 2 is 2.00 bits per heavy atom. The molecule has 4 aromatic rings. The van der Waals surface area contributed by atoms with Gasteiger partial charge in [-0.3, -0.25) is 9.89 Å². The first-order valence-corrected chi connectivity index (χ1v) is 12.2. The maximum absolute atomic E-state index is 12.6. The van der Waals surface area contributed by atoms with Gasteiger partial charge in [0.2, 0.25) is 0 Å². The van der Waals surface area contributed by atoms with E-state index in [2.05, 4.69) is 37.6 Å². The predicted octanol–water partition coefficient (Wildman–Crippen LogP) is 4.20. The molecule has 1 aliphatic rings. The quantitative estimate of drug-likeness (QED) is 0.387. The molecule has 8 nitrogen and oxygen atoms in total. The predicted molar refractivity (Wildman–Crippen MR) is 133 cm³/mol. The van der Waals surface area contributed by atoms with E-state index in [-0.39, 0.29) is 5.91 Å². The number of piperidine rings is 1. The van der Waals surface area contributed by atoms with E-state index in [9.17, 15) is 4.79 Å². The molecule has 176 valence electrons. The van der Waals surface area contributed by atoms with Gasteiger partial charge in [0.1, 0.15) is 11.4 Å². The number of aromatic nitrogens is 5. The van der Waals surface area contributed by atoms with Gasteiger partial charge in [0.15, 0.2) is 0 Å². The fourth-order valence-corrected chi connectivity index (χ4v) is 4.83. The van der Waals surface area contributed by atoms with E-state index < -0.39 is 0 Å². The van der Waals surface area contributed by atoms with E-state index in [1.807, 2.05) is 54.7 Å². The fourth-order valence-electron chi connectivity index (χ4n) is 4.83. The number of para-hydroxylation sites is 1. The van der Waals surface area contributed by atoms with Crippen LogP contribution < -0.4 is 5.32 Å². The molecule has 0 aliphatic carbocycles. The van der Waals surface area contributed by atoms with Gasteiger partial charge in [-0.15, -0.1) is 5.10 Å². The molecule has 3 heterocycles. The Morgan fingerprint density at radius 1 is 1.15 bits per heavy atom. The van der Waals surface area contributed by atoms with Crippen molar-refractivity contribution in [3.05, 3.63) is 60.3 Å². The van der Waals surface area contributed by atoms with Gasteiger partial charge < -0.3 is 10.2 Å². The summed E-state index contributed by atoms with van der Waals surface area (Å²) in [5, 5.41) is 20.0. The van der Waals surface area contributed by atoms with Gasteiger partial charge in [-0.1, -0.05) is 36.8 Å². The van der Waals surface area contributed by atoms with Crippen LogP contribution in [0.5, 0.6) is 0 Å². The molecule has 2 aromatic heterocycles. The Kier molecular flexibility index (Phi) is 6.67. The van der Waals surface area contributed by atoms with Crippen LogP contribution in [0.2, 0.25) is 0 Å². The maximum Gasteiger partial charge on any atom is 0.251 e. The molecule has 0 radical (unpaired) electrons. The molecule has 1 unspecified atom stereocenters. The zero-order valence-corrected chi connectivity index (χ0v) is 19.6. The lowest BCUT2D eigenvalue weighted by Gasteiger charge is -2.35. The number of fused-ring (bicyclic) bond motifs is 1. The number of carbonyl (C=O) groups is 1. The summed E-state index contributed by atoms with van der Waals surface area (Å²) in [7, 11) is 0. The number of benzene rings is 2. The summed E-state index contributed by atoms with van der Waals surface area (Å²) < 4.78 is 1.70. The molecule has 0 bridgehead atoms. The highest BCUT2D eigenvalue weighted by molar-refractivity contribution is 5.94. The number of H-pyrrole nitrogens is 1. The summed E-state index contributed by atoms with van der Waals surface area (Å²) in [6.45, 7) is 5.21. The molecule has 2 N–H and O–H groups in total. The third-order valence-electron chi connectivity index (χ3n) is 6.73. The minimum atomic E-state index is -0.0421. The molecule has 2 aromatic carbocycles. The Labute approximate surface area is 199 Å². The average Bonchev–Trinajstić information content (AvgIpc) is 3.54. The van der Waals surface area contributed by atoms with Crippen LogP contribution in [-0.2, 0) is 0 Å². The number of rotatable bonds is 8. The second kappa shape index (κ2) is 10.2. The largest absolute Gasteiger partial charge is 0.352 e. The smallest absolute Gasteiger partial charge is 0.251 e. The molecule has 1 amide bonds. The molecule has 1 saturated heterocycles. The number of amides is 1. The highest BCUT2D eigenvalue weighted by Gasteiger charge is 2.20. The van der Waals surface area contributed by atoms with Crippen LogP contribution in [0.3, 0.4) is 0 Å². The van der Waals surface area contributed by atoms with Gasteiger partial charge in [-0.2, -0.15) is 5.10 Å². The van der Waals surface area contributed by atoms with Crippen molar-refractivity contribution in [3.63, 3.8) is 0 Å². The molecular weight excluding hydrogens is 426 g/mol. The van der Waals surface area contributed by atoms with Gasteiger partial charge in [0, 0.05) is 30.1 Å². The average molecular weight is 458 g/mol. The molecule has 0 saturated carbocycles. The van der Waals surface area contributed by atoms with Crippen molar-refractivity contribution in [2.24, 2.45) is 0 Å². The Morgan fingerprint density at radius 3 is 2.85 bits per heavy atom. The normalized spacial score (nSPS) is 16.7. The molecule has 1 atom stereocenters. The number of nitrogens with one attached hydrogen (secondary N) is 2. The van der Waals surface area contributed by atoms with Crippen LogP contribution in [0.4, 0.5) is 0 Å². The summed E-state index contributed by atoms with van der Waals surface area (Å²) in [6.07, 6.45) is 7.98. The third kappa shape index (κ3) is 4.72. The van der Waals surface area contributed by atoms with Gasteiger partial charge in [-0.25, -0.2) is 4.68 Å². The van der Waals surface area contributed by atoms with Crippen LogP contribution >= 0.6 is 0 Å². The SMILES string of the molecule is CCC1CCCCN1CCCNC(=O)c1ccc(-n2cc(-c3n[nH]c4ccccc34)nn2)cc1. The minimum absolute atomic E-state index is 0.0421. The van der Waals surface area contributed by atoms with Gasteiger partial charge in [-0.05, 0) is 62.6 Å². The second-order valence-electron chi connectivity index (χ2n) is 8.92. The van der Waals surface area contributed by atoms with Crippen molar-refractivity contribution >= 4 is 16.8 Å². The van der Waals surface area contributed by atoms with Gasteiger partial charge >= 0.3 is 0 Å². The fraction of sp³-hybridized carbons (Fsp3) is 0.385. The Hall–Kier alpha value is -3.52. The van der Waals surface area contributed by atoms with E-state index in [4.69, 9.17) is 0 Å². The van der Waals surface area contributed by atoms with E-state index in [1.165, 1.54) is 32.2 Å². The molecule has 1 aliphatic heterocycles. The molecule has 1 fully saturated rings. The Bertz CT molecular complexity index is 1240. The summed E-state index contributed by atoms with van der Waals surface area (Å²) >= 11 is 0. The maximum atomic E-state index is 12.6. The van der Waals surface area contributed by atoms with Crippen molar-refractivity contribution in [1.82, 2.24) is 35.4 Å². The van der Waals surface area contributed by atoms with Gasteiger partial charge in [0.25, 0.3) is 5.91 Å². The van der Waals surface area contributed by atoms with Crippen molar-refractivity contribution in [2.45, 2.75) is 45.1 Å². The number of hydrogen-bond donors (Lipinski definition) is 2. The highest BCUT2D eigenvalue weighted by Crippen LogP contribution is 2.24. The number of nitrogens with zero attached hydrogens (tertiary/aromatic N) is 5. The van der Waals surface area contributed by atoms with Gasteiger partial charge in [0.05, 0.1) is 17.4 Å². The van der Waals surface area contributed by atoms with Crippen molar-refractivity contribution < 1.29 is 4.79 Å². The Balaban J connectivity index is 1.17. The molecule has 5 rings (SSSR count). The van der Waals surface area contributed by atoms with E-state index in [1.54, 1.807) is 4.68 Å². The number of aromatic amines is 1. The highest BCUT2D eigenvalue weighted by atomic mass is 16.1. The van der Waals surface area contributed by atoms with Crippen LogP contribution in [0.1, 0.15) is 49.4 Å². The molecule has 8 heteroatoms. The first-order valence-electron chi connectivity index (χ1n) is 12.2. The zero-order valence-electron chi connectivity index (χ0n) is 19.6. The summed E-state index contributed by atoms with van der Waals surface area (Å²) in [5.74, 6) is -0.0421. The van der Waals surface area contributed by atoms with Crippen LogP contribution in [0.15, 0.2) is 54.7 Å². The number of hydrogen-bond acceptors (Lipinski definition) is 5. The lowest BCUT2D eigenvalue weighted by atomic mass is 10.00. The van der Waals surface area contributed by atoms with Crippen LogP contribution in [0, 0.1) is 0 Å². The number of likely N-dealkylation sites (tertiary alicyclic amines) is 1.